The molecular weight excluding hydrogens is 340 g/mol. The molecule has 1 heteroatoms. The van der Waals surface area contributed by atoms with Gasteiger partial charge in [-0.3, -0.25) is 0 Å². The summed E-state index contributed by atoms with van der Waals surface area (Å²) in [5, 5.41) is 2.86. The molecule has 0 N–H and O–H groups in total. The molecular formula is C27H26O. The van der Waals surface area contributed by atoms with Gasteiger partial charge in [0, 0.05) is 0 Å². The van der Waals surface area contributed by atoms with E-state index in [0.29, 0.717) is 0 Å². The predicted octanol–water partition coefficient (Wildman–Crippen LogP) is 6.80. The summed E-state index contributed by atoms with van der Waals surface area (Å²) in [5.74, 6) is 0.916. The fourth-order valence-electron chi connectivity index (χ4n) is 4.94. The van der Waals surface area contributed by atoms with Crippen LogP contribution in [0.5, 0.6) is 5.75 Å². The van der Waals surface area contributed by atoms with Crippen molar-refractivity contribution in [1.82, 2.24) is 0 Å². The van der Waals surface area contributed by atoms with E-state index in [9.17, 15) is 0 Å². The molecule has 0 amide bonds. The minimum absolute atomic E-state index is 0.916. The van der Waals surface area contributed by atoms with Crippen LogP contribution < -0.4 is 4.74 Å². The summed E-state index contributed by atoms with van der Waals surface area (Å²) < 4.78 is 5.32. The topological polar surface area (TPSA) is 9.23 Å². The highest BCUT2D eigenvalue weighted by molar-refractivity contribution is 5.96. The highest BCUT2D eigenvalue weighted by Gasteiger charge is 2.22. The van der Waals surface area contributed by atoms with Crippen molar-refractivity contribution in [3.05, 3.63) is 94.1 Å². The Labute approximate surface area is 167 Å². The maximum Gasteiger partial charge on any atom is 0.118 e. The molecule has 0 spiro atoms. The lowest BCUT2D eigenvalue weighted by Gasteiger charge is -2.26. The van der Waals surface area contributed by atoms with Gasteiger partial charge in [-0.1, -0.05) is 59.7 Å². The average molecular weight is 367 g/mol. The Morgan fingerprint density at radius 3 is 2.61 bits per heavy atom. The normalized spacial score (nSPS) is 15.5. The summed E-state index contributed by atoms with van der Waals surface area (Å²) in [5.41, 5.74) is 10.3. The van der Waals surface area contributed by atoms with E-state index in [0.717, 1.165) is 18.6 Å². The van der Waals surface area contributed by atoms with Gasteiger partial charge in [0.2, 0.25) is 0 Å². The van der Waals surface area contributed by atoms with Crippen molar-refractivity contribution in [2.45, 2.75) is 39.0 Å². The second kappa shape index (κ2) is 6.98. The molecule has 140 valence electrons. The van der Waals surface area contributed by atoms with E-state index >= 15 is 0 Å². The maximum atomic E-state index is 5.32. The van der Waals surface area contributed by atoms with E-state index in [1.165, 1.54) is 57.9 Å². The van der Waals surface area contributed by atoms with Crippen LogP contribution in [0.25, 0.3) is 16.3 Å². The van der Waals surface area contributed by atoms with Crippen LogP contribution >= 0.6 is 0 Å². The van der Waals surface area contributed by atoms with Gasteiger partial charge < -0.3 is 4.74 Å². The van der Waals surface area contributed by atoms with E-state index < -0.39 is 0 Å². The van der Waals surface area contributed by atoms with Gasteiger partial charge in [0.1, 0.15) is 5.75 Å². The fraction of sp³-hybridized carbons (Fsp3) is 0.259. The highest BCUT2D eigenvalue weighted by Crippen LogP contribution is 2.41. The largest absolute Gasteiger partial charge is 0.497 e. The number of allylic oxidation sites excluding steroid dienone is 4. The molecule has 1 nitrogen and oxygen atoms in total. The van der Waals surface area contributed by atoms with E-state index in [1.54, 1.807) is 18.2 Å². The van der Waals surface area contributed by atoms with Gasteiger partial charge in [-0.05, 0) is 89.8 Å². The van der Waals surface area contributed by atoms with Crippen molar-refractivity contribution in [2.75, 3.05) is 7.11 Å². The van der Waals surface area contributed by atoms with Gasteiger partial charge in [0.15, 0.2) is 0 Å². The Morgan fingerprint density at radius 1 is 0.929 bits per heavy atom. The van der Waals surface area contributed by atoms with E-state index in [2.05, 4.69) is 67.6 Å². The molecule has 0 bridgehead atoms. The zero-order valence-corrected chi connectivity index (χ0v) is 16.7. The lowest BCUT2D eigenvalue weighted by atomic mass is 9.78. The smallest absolute Gasteiger partial charge is 0.118 e. The monoisotopic (exact) mass is 366 g/mol. The first-order chi connectivity index (χ1) is 13.7. The fourth-order valence-corrected chi connectivity index (χ4v) is 4.94. The van der Waals surface area contributed by atoms with Crippen molar-refractivity contribution in [1.29, 1.82) is 0 Å². The van der Waals surface area contributed by atoms with Crippen molar-refractivity contribution in [3.63, 3.8) is 0 Å². The van der Waals surface area contributed by atoms with Crippen LogP contribution in [0, 0.1) is 6.92 Å². The molecule has 3 aromatic rings. The number of hydrogen-bond acceptors (Lipinski definition) is 1. The Balaban J connectivity index is 1.66. The lowest BCUT2D eigenvalue weighted by Crippen LogP contribution is -2.08. The highest BCUT2D eigenvalue weighted by atomic mass is 16.5. The number of aryl methyl sites for hydroxylation is 2. The summed E-state index contributed by atoms with van der Waals surface area (Å²) in [6, 6.07) is 17.9. The van der Waals surface area contributed by atoms with Crippen LogP contribution in [0.15, 0.2) is 66.3 Å². The summed E-state index contributed by atoms with van der Waals surface area (Å²) in [6.45, 7) is 2.21. The molecule has 5 rings (SSSR count). The standard InChI is InChI=1S/C27H26O/c1-18-15-21-10-13-25-24-6-4-3-5-20(24)9-14-26(25)27(21)22(16-18)17-19-7-11-23(28-2)12-8-19/h4,6-8,10-13,15-16H,3,5,9,14,17H2,1-2H3. The third kappa shape index (κ3) is 2.96. The van der Waals surface area contributed by atoms with Crippen LogP contribution in [0.4, 0.5) is 0 Å². The van der Waals surface area contributed by atoms with Crippen LogP contribution in [0.2, 0.25) is 0 Å². The predicted molar refractivity (Wildman–Crippen MR) is 118 cm³/mol. The molecule has 2 aliphatic rings. The summed E-state index contributed by atoms with van der Waals surface area (Å²) in [6.07, 6.45) is 10.5. The zero-order valence-electron chi connectivity index (χ0n) is 16.7. The summed E-state index contributed by atoms with van der Waals surface area (Å²) >= 11 is 0. The molecule has 0 unspecified atom stereocenters. The number of benzene rings is 3. The molecule has 28 heavy (non-hydrogen) atoms. The molecule has 2 aliphatic carbocycles. The number of ether oxygens (including phenoxy) is 1. The summed E-state index contributed by atoms with van der Waals surface area (Å²) in [4.78, 5) is 0. The Kier molecular flexibility index (Phi) is 4.31. The molecule has 0 saturated heterocycles. The average Bonchev–Trinajstić information content (AvgIpc) is 2.73. The third-order valence-electron chi connectivity index (χ3n) is 6.25. The number of methoxy groups -OCH3 is 1. The van der Waals surface area contributed by atoms with Crippen LogP contribution in [0.3, 0.4) is 0 Å². The number of hydrogen-bond donors (Lipinski definition) is 0. The second-order valence-electron chi connectivity index (χ2n) is 8.10. The van der Waals surface area contributed by atoms with Crippen LogP contribution in [0.1, 0.15) is 47.1 Å². The van der Waals surface area contributed by atoms with E-state index in [1.807, 2.05) is 0 Å². The molecule has 0 aliphatic heterocycles. The maximum absolute atomic E-state index is 5.32. The van der Waals surface area contributed by atoms with Crippen LogP contribution in [-0.2, 0) is 12.8 Å². The van der Waals surface area contributed by atoms with Crippen molar-refractivity contribution < 1.29 is 4.74 Å². The van der Waals surface area contributed by atoms with Crippen molar-refractivity contribution in [3.8, 4) is 5.75 Å². The van der Waals surface area contributed by atoms with Gasteiger partial charge in [-0.25, -0.2) is 0 Å². The van der Waals surface area contributed by atoms with Gasteiger partial charge in [-0.2, -0.15) is 0 Å². The van der Waals surface area contributed by atoms with E-state index in [-0.39, 0.29) is 0 Å². The first-order valence-electron chi connectivity index (χ1n) is 10.3. The first kappa shape index (κ1) is 17.3. The number of rotatable bonds is 3. The lowest BCUT2D eigenvalue weighted by molar-refractivity contribution is 0.414. The molecule has 0 radical (unpaired) electrons. The Morgan fingerprint density at radius 2 is 1.79 bits per heavy atom. The molecule has 0 aromatic heterocycles. The third-order valence-corrected chi connectivity index (χ3v) is 6.25. The van der Waals surface area contributed by atoms with Gasteiger partial charge in [-0.15, -0.1) is 0 Å². The summed E-state index contributed by atoms with van der Waals surface area (Å²) in [7, 11) is 1.72. The van der Waals surface area contributed by atoms with Gasteiger partial charge in [0.05, 0.1) is 7.11 Å². The molecule has 3 aromatic carbocycles. The Bertz CT molecular complexity index is 1110. The second-order valence-corrected chi connectivity index (χ2v) is 8.10. The first-order valence-corrected chi connectivity index (χ1v) is 10.3. The van der Waals surface area contributed by atoms with Crippen molar-refractivity contribution >= 4 is 16.3 Å². The van der Waals surface area contributed by atoms with Gasteiger partial charge >= 0.3 is 0 Å². The minimum atomic E-state index is 0.916. The minimum Gasteiger partial charge on any atom is -0.497 e. The van der Waals surface area contributed by atoms with Gasteiger partial charge in [0.25, 0.3) is 0 Å². The quantitative estimate of drug-likeness (QED) is 0.495. The molecule has 0 saturated carbocycles. The number of fused-ring (bicyclic) bond motifs is 4. The Hall–Kier alpha value is -2.80. The molecule has 0 fully saturated rings. The zero-order chi connectivity index (χ0) is 19.1. The van der Waals surface area contributed by atoms with E-state index in [4.69, 9.17) is 4.74 Å². The molecule has 0 atom stereocenters. The molecule has 0 heterocycles. The van der Waals surface area contributed by atoms with Crippen molar-refractivity contribution in [2.24, 2.45) is 0 Å². The SMILES string of the molecule is COc1ccc(Cc2cc(C)cc3ccc4c(c23)CCC2=C4C=CCC2)cc1. The van der Waals surface area contributed by atoms with Crippen LogP contribution in [-0.4, -0.2) is 7.11 Å².